The number of nitrogens with zero attached hydrogens (tertiary/aromatic N) is 3. The van der Waals surface area contributed by atoms with Crippen LogP contribution in [-0.2, 0) is 24.4 Å². The van der Waals surface area contributed by atoms with E-state index < -0.39 is 0 Å². The predicted octanol–water partition coefficient (Wildman–Crippen LogP) is 6.27. The van der Waals surface area contributed by atoms with Crippen molar-refractivity contribution >= 4 is 11.8 Å². The van der Waals surface area contributed by atoms with Crippen molar-refractivity contribution < 1.29 is 23.5 Å². The zero-order valence-corrected chi connectivity index (χ0v) is 23.9. The fourth-order valence-corrected chi connectivity index (χ4v) is 5.05. The van der Waals surface area contributed by atoms with Crippen LogP contribution in [0.15, 0.2) is 91.1 Å². The van der Waals surface area contributed by atoms with E-state index in [9.17, 15) is 14.0 Å². The monoisotopic (exact) mass is 569 g/mol. The van der Waals surface area contributed by atoms with Gasteiger partial charge in [-0.3, -0.25) is 9.59 Å². The Bertz CT molecular complexity index is 1490. The maximum absolute atomic E-state index is 14.0. The molecule has 1 aromatic heterocycles. The Balaban J connectivity index is 1.36. The quantitative estimate of drug-likeness (QED) is 0.178. The molecule has 2 heterocycles. The fraction of sp³-hybridized carbons (Fsp3) is 0.294. The van der Waals surface area contributed by atoms with Crippen molar-refractivity contribution in [3.63, 3.8) is 0 Å². The van der Waals surface area contributed by atoms with Crippen LogP contribution < -0.4 is 9.47 Å². The molecule has 4 aromatic rings. The van der Waals surface area contributed by atoms with E-state index in [0.717, 1.165) is 36.1 Å². The summed E-state index contributed by atoms with van der Waals surface area (Å²) < 4.78 is 26.4. The molecule has 8 heteroatoms. The first-order valence-electron chi connectivity index (χ1n) is 14.4. The van der Waals surface area contributed by atoms with Gasteiger partial charge in [0.2, 0.25) is 12.7 Å². The number of ether oxygens (including phenoxy) is 2. The number of benzene rings is 3. The predicted molar refractivity (Wildman–Crippen MR) is 159 cm³/mol. The summed E-state index contributed by atoms with van der Waals surface area (Å²) in [5.74, 6) is 0.520. The molecule has 0 saturated carbocycles. The minimum atomic E-state index is -0.273. The normalized spacial score (nSPS) is 11.9. The van der Waals surface area contributed by atoms with Crippen molar-refractivity contribution in [2.24, 2.45) is 0 Å². The summed E-state index contributed by atoms with van der Waals surface area (Å²) in [6.45, 7) is 4.00. The number of fused-ring (bicyclic) bond motifs is 1. The molecule has 3 aromatic carbocycles. The number of carbonyl (C=O) groups excluding carboxylic acids is 2. The first-order valence-corrected chi connectivity index (χ1v) is 14.4. The molecule has 1 aliphatic heterocycles. The lowest BCUT2D eigenvalue weighted by atomic mass is 10.1. The van der Waals surface area contributed by atoms with Gasteiger partial charge in [-0.25, -0.2) is 4.39 Å². The third kappa shape index (κ3) is 7.37. The van der Waals surface area contributed by atoms with E-state index in [2.05, 4.69) is 11.5 Å². The Morgan fingerprint density at radius 1 is 0.833 bits per heavy atom. The molecule has 7 nitrogen and oxygen atoms in total. The van der Waals surface area contributed by atoms with E-state index in [1.165, 1.54) is 12.1 Å². The second-order valence-electron chi connectivity index (χ2n) is 10.5. The zero-order valence-electron chi connectivity index (χ0n) is 23.9. The number of aromatic nitrogens is 1. The summed E-state index contributed by atoms with van der Waals surface area (Å²) in [7, 11) is 0. The Labute approximate surface area is 246 Å². The molecule has 0 aliphatic carbocycles. The number of amides is 2. The topological polar surface area (TPSA) is 64.0 Å². The molecule has 0 N–H and O–H groups in total. The fourth-order valence-electron chi connectivity index (χ4n) is 5.05. The van der Waals surface area contributed by atoms with Gasteiger partial charge in [-0.15, -0.1) is 0 Å². The number of unbranched alkanes of at least 4 members (excludes halogenated alkanes) is 2. The lowest BCUT2D eigenvalue weighted by molar-refractivity contribution is -0.133. The SMILES string of the molecule is CCCCCN(CC(=O)N(Cc1ccccc1)Cc1cccn1Cc1ccc(F)cc1)C(=O)c1ccc2c(c1)OCO2. The van der Waals surface area contributed by atoms with Gasteiger partial charge in [0.15, 0.2) is 11.5 Å². The van der Waals surface area contributed by atoms with E-state index in [1.807, 2.05) is 48.7 Å². The summed E-state index contributed by atoms with van der Waals surface area (Å²) in [6.07, 6.45) is 4.73. The molecule has 42 heavy (non-hydrogen) atoms. The lowest BCUT2D eigenvalue weighted by Crippen LogP contribution is -2.43. The third-order valence-corrected chi connectivity index (χ3v) is 7.38. The van der Waals surface area contributed by atoms with Crippen molar-refractivity contribution in [2.75, 3.05) is 19.9 Å². The van der Waals surface area contributed by atoms with Gasteiger partial charge < -0.3 is 23.8 Å². The molecular formula is C34H36FN3O4. The molecule has 218 valence electrons. The summed E-state index contributed by atoms with van der Waals surface area (Å²) in [5.41, 5.74) is 3.38. The van der Waals surface area contributed by atoms with E-state index >= 15 is 0 Å². The highest BCUT2D eigenvalue weighted by atomic mass is 19.1. The summed E-state index contributed by atoms with van der Waals surface area (Å²) in [5, 5.41) is 0. The number of hydrogen-bond acceptors (Lipinski definition) is 4. The molecule has 1 aliphatic rings. The first kappa shape index (κ1) is 28.9. The second-order valence-corrected chi connectivity index (χ2v) is 10.5. The number of halogens is 1. The highest BCUT2D eigenvalue weighted by molar-refractivity contribution is 5.97. The molecule has 0 fully saturated rings. The summed E-state index contributed by atoms with van der Waals surface area (Å²) in [4.78, 5) is 31.1. The van der Waals surface area contributed by atoms with Crippen LogP contribution in [0.4, 0.5) is 4.39 Å². The molecule has 0 atom stereocenters. The van der Waals surface area contributed by atoms with Crippen LogP contribution >= 0.6 is 0 Å². The van der Waals surface area contributed by atoms with E-state index in [0.29, 0.717) is 43.2 Å². The van der Waals surface area contributed by atoms with Gasteiger partial charge >= 0.3 is 0 Å². The minimum Gasteiger partial charge on any atom is -0.454 e. The average molecular weight is 570 g/mol. The van der Waals surface area contributed by atoms with Crippen molar-refractivity contribution in [1.29, 1.82) is 0 Å². The van der Waals surface area contributed by atoms with Gasteiger partial charge in [-0.05, 0) is 60.0 Å². The average Bonchev–Trinajstić information content (AvgIpc) is 3.66. The van der Waals surface area contributed by atoms with E-state index in [4.69, 9.17) is 9.47 Å². The molecule has 0 unspecified atom stereocenters. The van der Waals surface area contributed by atoms with Crippen molar-refractivity contribution in [1.82, 2.24) is 14.4 Å². The lowest BCUT2D eigenvalue weighted by Gasteiger charge is -2.28. The summed E-state index contributed by atoms with van der Waals surface area (Å²) >= 11 is 0. The van der Waals surface area contributed by atoms with E-state index in [1.54, 1.807) is 40.1 Å². The molecule has 0 radical (unpaired) electrons. The van der Waals surface area contributed by atoms with Crippen LogP contribution in [0, 0.1) is 5.82 Å². The van der Waals surface area contributed by atoms with Gasteiger partial charge in [0.25, 0.3) is 5.91 Å². The Kier molecular flexibility index (Phi) is 9.54. The van der Waals surface area contributed by atoms with Crippen LogP contribution in [0.5, 0.6) is 11.5 Å². The molecular weight excluding hydrogens is 533 g/mol. The van der Waals surface area contributed by atoms with Gasteiger partial charge in [0.1, 0.15) is 12.4 Å². The first-order chi connectivity index (χ1) is 20.5. The summed E-state index contributed by atoms with van der Waals surface area (Å²) in [6, 6.07) is 25.4. The minimum absolute atomic E-state index is 0.0392. The van der Waals surface area contributed by atoms with Crippen LogP contribution in [0.1, 0.15) is 53.4 Å². The van der Waals surface area contributed by atoms with Gasteiger partial charge in [-0.2, -0.15) is 0 Å². The van der Waals surface area contributed by atoms with Crippen LogP contribution in [0.2, 0.25) is 0 Å². The van der Waals surface area contributed by atoms with Crippen LogP contribution in [-0.4, -0.2) is 46.1 Å². The molecule has 0 saturated heterocycles. The van der Waals surface area contributed by atoms with Crippen LogP contribution in [0.3, 0.4) is 0 Å². The highest BCUT2D eigenvalue weighted by Gasteiger charge is 2.25. The van der Waals surface area contributed by atoms with Crippen molar-refractivity contribution in [3.8, 4) is 11.5 Å². The Morgan fingerprint density at radius 3 is 2.40 bits per heavy atom. The smallest absolute Gasteiger partial charge is 0.254 e. The number of hydrogen-bond donors (Lipinski definition) is 0. The van der Waals surface area contributed by atoms with Gasteiger partial charge in [0, 0.05) is 37.1 Å². The largest absolute Gasteiger partial charge is 0.454 e. The molecule has 5 rings (SSSR count). The number of carbonyl (C=O) groups is 2. The van der Waals surface area contributed by atoms with Crippen LogP contribution in [0.25, 0.3) is 0 Å². The van der Waals surface area contributed by atoms with Gasteiger partial charge in [0.05, 0.1) is 6.54 Å². The Morgan fingerprint density at radius 2 is 1.62 bits per heavy atom. The third-order valence-electron chi connectivity index (χ3n) is 7.38. The second kappa shape index (κ2) is 13.9. The standard InChI is InChI=1S/C34H36FN3O4/c1-2-3-7-18-37(34(40)28-14-17-31-32(20-28)42-25-41-31)24-33(39)38(22-26-9-5-4-6-10-26)23-30-11-8-19-36(30)21-27-12-15-29(35)16-13-27/h4-6,8-17,19-20H,2-3,7,18,21-25H2,1H3. The van der Waals surface area contributed by atoms with Gasteiger partial charge in [-0.1, -0.05) is 62.2 Å². The molecule has 0 spiro atoms. The van der Waals surface area contributed by atoms with Crippen molar-refractivity contribution in [2.45, 2.75) is 45.8 Å². The maximum Gasteiger partial charge on any atom is 0.254 e. The maximum atomic E-state index is 14.0. The highest BCUT2D eigenvalue weighted by Crippen LogP contribution is 2.33. The number of rotatable bonds is 13. The zero-order chi connectivity index (χ0) is 29.3. The molecule has 2 amide bonds. The Hall–Kier alpha value is -4.59. The molecule has 0 bridgehead atoms. The van der Waals surface area contributed by atoms with E-state index in [-0.39, 0.29) is 31.0 Å². The van der Waals surface area contributed by atoms with Crippen molar-refractivity contribution in [3.05, 3.63) is 119 Å².